The van der Waals surface area contributed by atoms with Gasteiger partial charge in [0.2, 0.25) is 0 Å². The molecule has 0 radical (unpaired) electrons. The molecule has 3 aromatic rings. The van der Waals surface area contributed by atoms with Crippen LogP contribution >= 0.6 is 58.6 Å². The fourth-order valence-corrected chi connectivity index (χ4v) is 3.12. The van der Waals surface area contributed by atoms with Gasteiger partial charge in [-0.15, -0.1) is 0 Å². The van der Waals surface area contributed by atoms with Gasteiger partial charge in [-0.25, -0.2) is 0 Å². The van der Waals surface area contributed by atoms with Gasteiger partial charge in [0.05, 0.1) is 27.3 Å². The van der Waals surface area contributed by atoms with Gasteiger partial charge in [-0.1, -0.05) is 64.6 Å². The molecule has 0 aliphatic rings. The van der Waals surface area contributed by atoms with E-state index in [9.17, 15) is 0 Å². The van der Waals surface area contributed by atoms with Crippen LogP contribution in [0.25, 0.3) is 0 Å². The number of hydrogen-bond acceptors (Lipinski definition) is 2. The van der Waals surface area contributed by atoms with E-state index in [0.717, 1.165) is 5.56 Å². The van der Waals surface area contributed by atoms with Gasteiger partial charge in [0.25, 0.3) is 0 Å². The van der Waals surface area contributed by atoms with E-state index >= 15 is 0 Å². The molecule has 0 saturated heterocycles. The second kappa shape index (κ2) is 8.46. The Labute approximate surface area is 176 Å². The van der Waals surface area contributed by atoms with Crippen molar-refractivity contribution in [1.29, 1.82) is 0 Å². The van der Waals surface area contributed by atoms with Gasteiger partial charge >= 0.3 is 0 Å². The third-order valence-electron chi connectivity index (χ3n) is 3.40. The van der Waals surface area contributed by atoms with E-state index in [1.54, 1.807) is 29.1 Å². The number of nitrogens with zero attached hydrogens (tertiary/aromatic N) is 2. The molecule has 1 heterocycles. The van der Waals surface area contributed by atoms with E-state index in [0.29, 0.717) is 43.3 Å². The van der Waals surface area contributed by atoms with E-state index in [4.69, 9.17) is 58.6 Å². The minimum absolute atomic E-state index is 0.333. The van der Waals surface area contributed by atoms with E-state index < -0.39 is 0 Å². The van der Waals surface area contributed by atoms with E-state index in [1.165, 1.54) is 0 Å². The Kier molecular flexibility index (Phi) is 6.27. The lowest BCUT2D eigenvalue weighted by Gasteiger charge is -2.10. The zero-order valence-electron chi connectivity index (χ0n) is 13.1. The number of para-hydroxylation sites is 1. The Hall–Kier alpha value is -1.50. The molecule has 0 unspecified atom stereocenters. The highest BCUT2D eigenvalue weighted by Gasteiger charge is 2.10. The second-order valence-corrected chi connectivity index (χ2v) is 7.37. The summed E-state index contributed by atoms with van der Waals surface area (Å²) in [4.78, 5) is 0. The summed E-state index contributed by atoms with van der Waals surface area (Å²) < 4.78 is 1.68. The average molecular weight is 446 g/mol. The average Bonchev–Trinajstić information content (AvgIpc) is 2.92. The lowest BCUT2D eigenvalue weighted by atomic mass is 10.2. The molecule has 0 fully saturated rings. The van der Waals surface area contributed by atoms with Crippen LogP contribution in [0.3, 0.4) is 0 Å². The van der Waals surface area contributed by atoms with Gasteiger partial charge in [0.1, 0.15) is 5.02 Å². The topological polar surface area (TPSA) is 41.9 Å². The molecule has 1 aromatic heterocycles. The van der Waals surface area contributed by atoms with Crippen LogP contribution in [0.15, 0.2) is 48.7 Å². The Morgan fingerprint density at radius 3 is 2.42 bits per heavy atom. The first-order chi connectivity index (χ1) is 12.4. The van der Waals surface area contributed by atoms with Crippen molar-refractivity contribution < 1.29 is 0 Å². The van der Waals surface area contributed by atoms with Crippen molar-refractivity contribution in [2.75, 3.05) is 10.6 Å². The molecule has 9 heteroatoms. The Bertz CT molecular complexity index is 958. The largest absolute Gasteiger partial charge is 0.331 e. The summed E-state index contributed by atoms with van der Waals surface area (Å²) in [5.41, 5.74) is 1.64. The summed E-state index contributed by atoms with van der Waals surface area (Å²) in [5.74, 6) is 0.441. The standard InChI is InChI=1S/C17H12Cl4N4S/c18-11-6-5-10(7-13(11)20)8-25-9-14(21)16(24-25)23-17(26)22-15-4-2-1-3-12(15)19/h1-7,9H,8H2,(H2,22,23,24,26). The smallest absolute Gasteiger partial charge is 0.176 e. The summed E-state index contributed by atoms with van der Waals surface area (Å²) in [6.45, 7) is 0.489. The van der Waals surface area contributed by atoms with Crippen LogP contribution in [0.4, 0.5) is 11.5 Å². The molecule has 0 aliphatic heterocycles. The summed E-state index contributed by atoms with van der Waals surface area (Å²) in [5, 5.41) is 12.7. The van der Waals surface area contributed by atoms with Crippen LogP contribution in [-0.2, 0) is 6.54 Å². The SMILES string of the molecule is S=C(Nc1ccccc1Cl)Nc1nn(Cc2ccc(Cl)c(Cl)c2)cc1Cl. The molecule has 134 valence electrons. The molecule has 0 aliphatic carbocycles. The maximum absolute atomic E-state index is 6.24. The minimum Gasteiger partial charge on any atom is -0.331 e. The number of anilines is 2. The van der Waals surface area contributed by atoms with Gasteiger partial charge in [-0.3, -0.25) is 4.68 Å². The van der Waals surface area contributed by atoms with E-state index in [-0.39, 0.29) is 0 Å². The van der Waals surface area contributed by atoms with E-state index in [2.05, 4.69) is 15.7 Å². The van der Waals surface area contributed by atoms with Crippen LogP contribution in [0.1, 0.15) is 5.56 Å². The first kappa shape index (κ1) is 19.3. The first-order valence-corrected chi connectivity index (χ1v) is 9.34. The number of halogens is 4. The third kappa shape index (κ3) is 4.81. The van der Waals surface area contributed by atoms with Crippen molar-refractivity contribution in [3.8, 4) is 0 Å². The molecular formula is C17H12Cl4N4S. The molecule has 0 amide bonds. The minimum atomic E-state index is 0.333. The summed E-state index contributed by atoms with van der Waals surface area (Å²) in [6.07, 6.45) is 1.70. The molecular weight excluding hydrogens is 434 g/mol. The van der Waals surface area contributed by atoms with Gasteiger partial charge in [0.15, 0.2) is 10.9 Å². The zero-order chi connectivity index (χ0) is 18.7. The predicted octanol–water partition coefficient (Wildman–Crippen LogP) is 6.35. The first-order valence-electron chi connectivity index (χ1n) is 7.42. The normalized spacial score (nSPS) is 10.6. The van der Waals surface area contributed by atoms with Gasteiger partial charge < -0.3 is 10.6 Å². The lowest BCUT2D eigenvalue weighted by Crippen LogP contribution is -2.20. The molecule has 26 heavy (non-hydrogen) atoms. The second-order valence-electron chi connectivity index (χ2n) is 5.33. The number of rotatable bonds is 4. The van der Waals surface area contributed by atoms with Crippen molar-refractivity contribution in [3.63, 3.8) is 0 Å². The summed E-state index contributed by atoms with van der Waals surface area (Å²) >= 11 is 29.6. The monoisotopic (exact) mass is 444 g/mol. The Balaban J connectivity index is 1.68. The van der Waals surface area contributed by atoms with Crippen LogP contribution in [0, 0.1) is 0 Å². The molecule has 2 aromatic carbocycles. The fourth-order valence-electron chi connectivity index (χ4n) is 2.21. The quantitative estimate of drug-likeness (QED) is 0.458. The molecule has 0 atom stereocenters. The van der Waals surface area contributed by atoms with Crippen LogP contribution < -0.4 is 10.6 Å². The molecule has 4 nitrogen and oxygen atoms in total. The van der Waals surface area contributed by atoms with Gasteiger partial charge in [0, 0.05) is 6.20 Å². The highest BCUT2D eigenvalue weighted by Crippen LogP contribution is 2.25. The molecule has 0 saturated carbocycles. The maximum Gasteiger partial charge on any atom is 0.176 e. The lowest BCUT2D eigenvalue weighted by molar-refractivity contribution is 0.690. The van der Waals surface area contributed by atoms with Crippen molar-refractivity contribution in [3.05, 3.63) is 74.3 Å². The Morgan fingerprint density at radius 2 is 1.69 bits per heavy atom. The number of benzene rings is 2. The molecule has 3 rings (SSSR count). The van der Waals surface area contributed by atoms with E-state index in [1.807, 2.05) is 24.3 Å². The predicted molar refractivity (Wildman–Crippen MR) is 114 cm³/mol. The number of nitrogens with one attached hydrogen (secondary N) is 2. The third-order valence-corrected chi connectivity index (χ3v) is 4.95. The maximum atomic E-state index is 6.24. The van der Waals surface area contributed by atoms with Crippen LogP contribution in [0.2, 0.25) is 20.1 Å². The van der Waals surface area contributed by atoms with Crippen molar-refractivity contribution in [1.82, 2.24) is 9.78 Å². The fraction of sp³-hybridized carbons (Fsp3) is 0.0588. The van der Waals surface area contributed by atoms with Crippen LogP contribution in [-0.4, -0.2) is 14.9 Å². The number of aromatic nitrogens is 2. The van der Waals surface area contributed by atoms with Gasteiger partial charge in [-0.05, 0) is 42.0 Å². The highest BCUT2D eigenvalue weighted by atomic mass is 35.5. The van der Waals surface area contributed by atoms with Crippen molar-refractivity contribution in [2.45, 2.75) is 6.54 Å². The highest BCUT2D eigenvalue weighted by molar-refractivity contribution is 7.80. The number of thiocarbonyl (C=S) groups is 1. The van der Waals surface area contributed by atoms with Gasteiger partial charge in [-0.2, -0.15) is 5.10 Å². The number of hydrogen-bond donors (Lipinski definition) is 2. The van der Waals surface area contributed by atoms with Crippen molar-refractivity contribution in [2.24, 2.45) is 0 Å². The van der Waals surface area contributed by atoms with Crippen molar-refractivity contribution >= 4 is 75.2 Å². The molecule has 2 N–H and O–H groups in total. The summed E-state index contributed by atoms with van der Waals surface area (Å²) in [7, 11) is 0. The zero-order valence-corrected chi connectivity index (χ0v) is 17.0. The van der Waals surface area contributed by atoms with Crippen LogP contribution in [0.5, 0.6) is 0 Å². The summed E-state index contributed by atoms with van der Waals surface area (Å²) in [6, 6.07) is 12.7. The Morgan fingerprint density at radius 1 is 0.923 bits per heavy atom. The molecule has 0 spiro atoms. The molecule has 0 bridgehead atoms.